The van der Waals surface area contributed by atoms with Crippen LogP contribution in [0.25, 0.3) is 0 Å². The first-order valence-corrected chi connectivity index (χ1v) is 10.6. The molecule has 0 unspecified atom stereocenters. The van der Waals surface area contributed by atoms with Gasteiger partial charge in [0.25, 0.3) is 17.6 Å². The van der Waals surface area contributed by atoms with Gasteiger partial charge < -0.3 is 20.3 Å². The number of hydrogen-bond donors (Lipinski definition) is 3. The molecular weight excluding hydrogens is 420 g/mol. The number of rotatable bonds is 5. The van der Waals surface area contributed by atoms with E-state index in [0.29, 0.717) is 53.9 Å². The molecule has 0 saturated heterocycles. The van der Waals surface area contributed by atoms with Crippen LogP contribution in [0.4, 0.5) is 5.69 Å². The van der Waals surface area contributed by atoms with E-state index in [0.717, 1.165) is 0 Å². The molecular formula is C22H27ClN4O4. The molecule has 0 bridgehead atoms. The minimum atomic E-state index is -0.700. The second-order valence-electron chi connectivity index (χ2n) is 8.08. The van der Waals surface area contributed by atoms with Crippen molar-refractivity contribution in [3.05, 3.63) is 45.5 Å². The summed E-state index contributed by atoms with van der Waals surface area (Å²) >= 11 is 5.97. The lowest BCUT2D eigenvalue weighted by Gasteiger charge is -2.25. The van der Waals surface area contributed by atoms with E-state index in [1.54, 1.807) is 44.5 Å². The molecule has 0 spiro atoms. The monoisotopic (exact) mass is 446 g/mol. The van der Waals surface area contributed by atoms with Crippen LogP contribution in [-0.4, -0.2) is 44.4 Å². The number of Topliss-reactive ketones (excluding diaryl/α,β-unsaturated/α-hetero) is 1. The SMILES string of the molecule is Cc1cc(NC(=O)c2c(C)c(C(=O)C(=O)NC3CCC(O)CC3)n(C)c2C)cc(Cl)n1. The van der Waals surface area contributed by atoms with Crippen LogP contribution in [0.1, 0.15) is 63.5 Å². The Hall–Kier alpha value is -2.71. The first-order valence-electron chi connectivity index (χ1n) is 10.2. The second kappa shape index (κ2) is 9.20. The van der Waals surface area contributed by atoms with Crippen LogP contribution >= 0.6 is 11.6 Å². The van der Waals surface area contributed by atoms with Crippen LogP contribution in [0.5, 0.6) is 0 Å². The van der Waals surface area contributed by atoms with E-state index in [9.17, 15) is 19.5 Å². The van der Waals surface area contributed by atoms with Crippen LogP contribution in [0.2, 0.25) is 5.15 Å². The molecule has 2 aromatic heterocycles. The number of aliphatic hydroxyl groups is 1. The molecule has 0 atom stereocenters. The van der Waals surface area contributed by atoms with Crippen LogP contribution in [-0.2, 0) is 11.8 Å². The van der Waals surface area contributed by atoms with E-state index in [4.69, 9.17) is 11.6 Å². The number of hydrogen-bond acceptors (Lipinski definition) is 5. The van der Waals surface area contributed by atoms with E-state index in [1.165, 1.54) is 0 Å². The molecule has 1 saturated carbocycles. The average molecular weight is 447 g/mol. The molecule has 1 aliphatic carbocycles. The third kappa shape index (κ3) is 4.97. The largest absolute Gasteiger partial charge is 0.393 e. The lowest BCUT2D eigenvalue weighted by molar-refractivity contribution is -0.118. The molecule has 0 aromatic carbocycles. The lowest BCUT2D eigenvalue weighted by atomic mass is 9.93. The highest BCUT2D eigenvalue weighted by Gasteiger charge is 2.30. The predicted octanol–water partition coefficient (Wildman–Crippen LogP) is 2.85. The Morgan fingerprint density at radius 3 is 2.39 bits per heavy atom. The fourth-order valence-corrected chi connectivity index (χ4v) is 4.36. The molecule has 166 valence electrons. The zero-order chi connectivity index (χ0) is 22.9. The maximum Gasteiger partial charge on any atom is 0.294 e. The van der Waals surface area contributed by atoms with Crippen molar-refractivity contribution in [3.63, 3.8) is 0 Å². The maximum absolute atomic E-state index is 13.0. The third-order valence-corrected chi connectivity index (χ3v) is 5.98. The number of pyridine rings is 1. The smallest absolute Gasteiger partial charge is 0.294 e. The quantitative estimate of drug-likeness (QED) is 0.371. The number of carbonyl (C=O) groups excluding carboxylic acids is 3. The van der Waals surface area contributed by atoms with Crippen molar-refractivity contribution in [3.8, 4) is 0 Å². The minimum Gasteiger partial charge on any atom is -0.393 e. The molecule has 0 radical (unpaired) electrons. The summed E-state index contributed by atoms with van der Waals surface area (Å²) in [6.07, 6.45) is 2.12. The Bertz CT molecular complexity index is 1020. The van der Waals surface area contributed by atoms with Gasteiger partial charge in [-0.15, -0.1) is 0 Å². The Kier molecular flexibility index (Phi) is 6.81. The van der Waals surface area contributed by atoms with Gasteiger partial charge in [0, 0.05) is 30.2 Å². The number of carbonyl (C=O) groups is 3. The summed E-state index contributed by atoms with van der Waals surface area (Å²) in [5.41, 5.74) is 2.68. The van der Waals surface area contributed by atoms with Gasteiger partial charge in [-0.05, 0) is 64.2 Å². The minimum absolute atomic E-state index is 0.135. The number of halogens is 1. The van der Waals surface area contributed by atoms with E-state index in [2.05, 4.69) is 15.6 Å². The van der Waals surface area contributed by atoms with Crippen molar-refractivity contribution in [2.24, 2.45) is 7.05 Å². The van der Waals surface area contributed by atoms with Gasteiger partial charge in [0.05, 0.1) is 17.4 Å². The molecule has 9 heteroatoms. The van der Waals surface area contributed by atoms with Gasteiger partial charge in [0.2, 0.25) is 0 Å². The van der Waals surface area contributed by atoms with Crippen molar-refractivity contribution >= 4 is 34.9 Å². The van der Waals surface area contributed by atoms with Gasteiger partial charge in [-0.25, -0.2) is 4.98 Å². The van der Waals surface area contributed by atoms with E-state index < -0.39 is 17.6 Å². The van der Waals surface area contributed by atoms with Crippen LogP contribution < -0.4 is 10.6 Å². The highest BCUT2D eigenvalue weighted by Crippen LogP contribution is 2.24. The zero-order valence-electron chi connectivity index (χ0n) is 18.1. The summed E-state index contributed by atoms with van der Waals surface area (Å²) in [5, 5.41) is 15.4. The molecule has 2 aromatic rings. The van der Waals surface area contributed by atoms with Crippen molar-refractivity contribution in [2.45, 2.75) is 58.6 Å². The zero-order valence-corrected chi connectivity index (χ0v) is 18.8. The molecule has 0 aliphatic heterocycles. The summed E-state index contributed by atoms with van der Waals surface area (Å²) < 4.78 is 1.57. The van der Waals surface area contributed by atoms with Crippen molar-refractivity contribution in [1.29, 1.82) is 0 Å². The van der Waals surface area contributed by atoms with Crippen LogP contribution in [0, 0.1) is 20.8 Å². The number of amides is 2. The Labute approximate surface area is 186 Å². The Morgan fingerprint density at radius 1 is 1.13 bits per heavy atom. The molecule has 2 amide bonds. The highest BCUT2D eigenvalue weighted by molar-refractivity contribution is 6.43. The molecule has 8 nitrogen and oxygen atoms in total. The van der Waals surface area contributed by atoms with Gasteiger partial charge in [-0.3, -0.25) is 14.4 Å². The normalized spacial score (nSPS) is 18.5. The van der Waals surface area contributed by atoms with E-state index in [-0.39, 0.29) is 23.0 Å². The number of nitrogens with one attached hydrogen (secondary N) is 2. The first-order chi connectivity index (χ1) is 14.6. The summed E-state index contributed by atoms with van der Waals surface area (Å²) in [7, 11) is 1.66. The fourth-order valence-electron chi connectivity index (χ4n) is 4.11. The lowest BCUT2D eigenvalue weighted by Crippen LogP contribution is -2.42. The third-order valence-electron chi connectivity index (χ3n) is 5.79. The van der Waals surface area contributed by atoms with Crippen molar-refractivity contribution in [2.75, 3.05) is 5.32 Å². The Balaban J connectivity index is 1.81. The summed E-state index contributed by atoms with van der Waals surface area (Å²) in [4.78, 5) is 42.5. The molecule has 31 heavy (non-hydrogen) atoms. The van der Waals surface area contributed by atoms with Crippen LogP contribution in [0.3, 0.4) is 0 Å². The van der Waals surface area contributed by atoms with Gasteiger partial charge in [-0.2, -0.15) is 0 Å². The van der Waals surface area contributed by atoms with Crippen molar-refractivity contribution < 1.29 is 19.5 Å². The summed E-state index contributed by atoms with van der Waals surface area (Å²) in [5.74, 6) is -1.78. The number of nitrogens with zero attached hydrogens (tertiary/aromatic N) is 2. The maximum atomic E-state index is 13.0. The Morgan fingerprint density at radius 2 is 1.77 bits per heavy atom. The summed E-state index contributed by atoms with van der Waals surface area (Å²) in [6, 6.07) is 3.10. The number of anilines is 1. The molecule has 1 fully saturated rings. The number of aromatic nitrogens is 2. The molecule has 2 heterocycles. The van der Waals surface area contributed by atoms with Gasteiger partial charge in [0.1, 0.15) is 5.15 Å². The molecule has 3 N–H and O–H groups in total. The predicted molar refractivity (Wildman–Crippen MR) is 118 cm³/mol. The second-order valence-corrected chi connectivity index (χ2v) is 8.46. The van der Waals surface area contributed by atoms with Crippen LogP contribution in [0.15, 0.2) is 12.1 Å². The van der Waals surface area contributed by atoms with E-state index in [1.807, 2.05) is 0 Å². The number of aryl methyl sites for hydroxylation is 1. The molecule has 1 aliphatic rings. The molecule has 3 rings (SSSR count). The van der Waals surface area contributed by atoms with Gasteiger partial charge >= 0.3 is 0 Å². The first kappa shape index (κ1) is 23.0. The highest BCUT2D eigenvalue weighted by atomic mass is 35.5. The average Bonchev–Trinajstić information content (AvgIpc) is 2.90. The standard InChI is InChI=1S/C22H27ClN4O4/c1-11-9-15(10-17(23)24-11)26-21(30)18-12(2)19(27(4)13(18)3)20(29)22(31)25-14-5-7-16(28)8-6-14/h9-10,14,16,28H,5-8H2,1-4H3,(H,25,31)(H,24,26,30). The summed E-state index contributed by atoms with van der Waals surface area (Å²) in [6.45, 7) is 5.15. The topological polar surface area (TPSA) is 113 Å². The van der Waals surface area contributed by atoms with Gasteiger partial charge in [0.15, 0.2) is 0 Å². The van der Waals surface area contributed by atoms with Crippen molar-refractivity contribution in [1.82, 2.24) is 14.9 Å². The van der Waals surface area contributed by atoms with Gasteiger partial charge in [-0.1, -0.05) is 11.6 Å². The number of aliphatic hydroxyl groups excluding tert-OH is 1. The van der Waals surface area contributed by atoms with E-state index >= 15 is 0 Å². The number of ketones is 1. The fraction of sp³-hybridized carbons (Fsp3) is 0.455.